The first-order valence-corrected chi connectivity index (χ1v) is 7.18. The van der Waals surface area contributed by atoms with Gasteiger partial charge in [-0.15, -0.1) is 22.0 Å². The number of amides is 1. The molecule has 0 bridgehead atoms. The normalized spacial score (nSPS) is 19.4. The molecule has 2 heterocycles. The first-order valence-electron chi connectivity index (χ1n) is 5.25. The van der Waals surface area contributed by atoms with Crippen molar-refractivity contribution >= 4 is 34.1 Å². The number of phenolic OH excluding ortho intramolecular Hbond substituents is 1. The highest BCUT2D eigenvalue weighted by molar-refractivity contribution is 8.00. The standard InChI is InChI=1S/C11H9N3O2S2/c15-8-4-2-1-3-7(8)10-14(9(16)5-17-10)11-13-12-6-18-11/h1-4,6,10,15H,5H2/t10-/m1/s1. The summed E-state index contributed by atoms with van der Waals surface area (Å²) >= 11 is 2.80. The molecule has 1 N–H and O–H groups in total. The smallest absolute Gasteiger partial charge is 0.240 e. The molecule has 1 aromatic heterocycles. The molecular formula is C11H9N3O2S2. The second-order valence-corrected chi connectivity index (χ2v) is 5.59. The molecule has 1 fully saturated rings. The maximum atomic E-state index is 11.9. The van der Waals surface area contributed by atoms with Gasteiger partial charge >= 0.3 is 0 Å². The van der Waals surface area contributed by atoms with Crippen molar-refractivity contribution in [3.05, 3.63) is 35.3 Å². The monoisotopic (exact) mass is 279 g/mol. The van der Waals surface area contributed by atoms with E-state index in [1.807, 2.05) is 12.1 Å². The molecule has 18 heavy (non-hydrogen) atoms. The van der Waals surface area contributed by atoms with Gasteiger partial charge in [0.1, 0.15) is 16.6 Å². The average Bonchev–Trinajstić information content (AvgIpc) is 2.98. The van der Waals surface area contributed by atoms with Crippen molar-refractivity contribution in [2.75, 3.05) is 10.7 Å². The number of nitrogens with zero attached hydrogens (tertiary/aromatic N) is 3. The number of hydrogen-bond donors (Lipinski definition) is 1. The third kappa shape index (κ3) is 1.85. The van der Waals surface area contributed by atoms with Crippen LogP contribution in [0.1, 0.15) is 10.9 Å². The van der Waals surface area contributed by atoms with E-state index in [4.69, 9.17) is 0 Å². The van der Waals surface area contributed by atoms with E-state index in [9.17, 15) is 9.90 Å². The number of benzene rings is 1. The van der Waals surface area contributed by atoms with Gasteiger partial charge in [0, 0.05) is 5.56 Å². The van der Waals surface area contributed by atoms with E-state index >= 15 is 0 Å². The van der Waals surface area contributed by atoms with E-state index in [1.165, 1.54) is 23.1 Å². The lowest BCUT2D eigenvalue weighted by molar-refractivity contribution is -0.115. The Bertz CT molecular complexity index is 573. The van der Waals surface area contributed by atoms with Crippen LogP contribution in [0.3, 0.4) is 0 Å². The Kier molecular flexibility index (Phi) is 2.92. The number of phenols is 1. The summed E-state index contributed by atoms with van der Waals surface area (Å²) in [6.07, 6.45) is 0. The number of para-hydroxylation sites is 1. The van der Waals surface area contributed by atoms with E-state index < -0.39 is 0 Å². The molecule has 92 valence electrons. The number of aromatic nitrogens is 2. The van der Waals surface area contributed by atoms with Gasteiger partial charge in [-0.05, 0) is 6.07 Å². The van der Waals surface area contributed by atoms with Gasteiger partial charge in [-0.2, -0.15) is 0 Å². The molecule has 0 radical (unpaired) electrons. The summed E-state index contributed by atoms with van der Waals surface area (Å²) in [5, 5.41) is 17.9. The topological polar surface area (TPSA) is 66.3 Å². The molecule has 0 unspecified atom stereocenters. The minimum absolute atomic E-state index is 0.00926. The zero-order valence-electron chi connectivity index (χ0n) is 9.18. The van der Waals surface area contributed by atoms with Crippen molar-refractivity contribution in [1.29, 1.82) is 0 Å². The molecule has 5 nitrogen and oxygen atoms in total. The summed E-state index contributed by atoms with van der Waals surface area (Å²) in [6, 6.07) is 7.04. The second kappa shape index (κ2) is 4.58. The fourth-order valence-electron chi connectivity index (χ4n) is 1.83. The molecule has 1 amide bonds. The number of carbonyl (C=O) groups excluding carboxylic acids is 1. The van der Waals surface area contributed by atoms with Crippen molar-refractivity contribution in [1.82, 2.24) is 10.2 Å². The number of carbonyl (C=O) groups is 1. The number of anilines is 1. The lowest BCUT2D eigenvalue weighted by Crippen LogP contribution is -2.27. The predicted molar refractivity (Wildman–Crippen MR) is 70.7 cm³/mol. The van der Waals surface area contributed by atoms with Gasteiger partial charge in [-0.3, -0.25) is 9.69 Å². The molecule has 1 saturated heterocycles. The van der Waals surface area contributed by atoms with Gasteiger partial charge in [0.15, 0.2) is 0 Å². The lowest BCUT2D eigenvalue weighted by Gasteiger charge is -2.21. The zero-order chi connectivity index (χ0) is 12.5. The van der Waals surface area contributed by atoms with Gasteiger partial charge < -0.3 is 5.11 Å². The van der Waals surface area contributed by atoms with Crippen LogP contribution in [0.2, 0.25) is 0 Å². The minimum atomic E-state index is -0.230. The lowest BCUT2D eigenvalue weighted by atomic mass is 10.2. The van der Waals surface area contributed by atoms with Gasteiger partial charge in [0.05, 0.1) is 5.75 Å². The number of thioether (sulfide) groups is 1. The number of rotatable bonds is 2. The average molecular weight is 279 g/mol. The van der Waals surface area contributed by atoms with E-state index in [0.717, 1.165) is 5.56 Å². The molecule has 1 atom stereocenters. The molecule has 0 spiro atoms. The van der Waals surface area contributed by atoms with Crippen molar-refractivity contribution in [2.24, 2.45) is 0 Å². The molecule has 7 heteroatoms. The van der Waals surface area contributed by atoms with E-state index in [1.54, 1.807) is 22.5 Å². The number of hydrogen-bond acceptors (Lipinski definition) is 6. The highest BCUT2D eigenvalue weighted by Gasteiger charge is 2.36. The van der Waals surface area contributed by atoms with Crippen LogP contribution in [-0.2, 0) is 4.79 Å². The van der Waals surface area contributed by atoms with E-state index in [-0.39, 0.29) is 17.0 Å². The molecule has 2 aromatic rings. The summed E-state index contributed by atoms with van der Waals surface area (Å²) in [6.45, 7) is 0. The van der Waals surface area contributed by atoms with Crippen LogP contribution in [0, 0.1) is 0 Å². The summed E-state index contributed by atoms with van der Waals surface area (Å²) in [5.41, 5.74) is 2.32. The van der Waals surface area contributed by atoms with Crippen molar-refractivity contribution < 1.29 is 9.90 Å². The molecule has 3 rings (SSSR count). The fraction of sp³-hybridized carbons (Fsp3) is 0.182. The van der Waals surface area contributed by atoms with E-state index in [0.29, 0.717) is 10.9 Å². The Morgan fingerprint density at radius 3 is 2.94 bits per heavy atom. The SMILES string of the molecule is O=C1CS[C@H](c2ccccc2O)N1c1nncs1. The molecular weight excluding hydrogens is 270 g/mol. The quantitative estimate of drug-likeness (QED) is 0.911. The second-order valence-electron chi connectivity index (χ2n) is 3.71. The van der Waals surface area contributed by atoms with Crippen LogP contribution >= 0.6 is 23.1 Å². The Morgan fingerprint density at radius 2 is 2.22 bits per heavy atom. The summed E-state index contributed by atoms with van der Waals surface area (Å²) < 4.78 is 0. The van der Waals surface area contributed by atoms with Crippen molar-refractivity contribution in [2.45, 2.75) is 5.37 Å². The molecule has 0 saturated carbocycles. The number of aromatic hydroxyl groups is 1. The first-order chi connectivity index (χ1) is 8.77. The van der Waals surface area contributed by atoms with Gasteiger partial charge in [-0.1, -0.05) is 29.5 Å². The maximum Gasteiger partial charge on any atom is 0.240 e. The molecule has 1 aromatic carbocycles. The van der Waals surface area contributed by atoms with Crippen LogP contribution < -0.4 is 4.90 Å². The van der Waals surface area contributed by atoms with Gasteiger partial charge in [0.2, 0.25) is 11.0 Å². The zero-order valence-corrected chi connectivity index (χ0v) is 10.8. The Balaban J connectivity index is 2.02. The Labute approximate surface area is 111 Å². The van der Waals surface area contributed by atoms with Crippen molar-refractivity contribution in [3.63, 3.8) is 0 Å². The largest absolute Gasteiger partial charge is 0.508 e. The van der Waals surface area contributed by atoms with Gasteiger partial charge in [-0.25, -0.2) is 0 Å². The predicted octanol–water partition coefficient (Wildman–Crippen LogP) is 2.02. The summed E-state index contributed by atoms with van der Waals surface area (Å²) in [5.74, 6) is 0.572. The van der Waals surface area contributed by atoms with Crippen LogP contribution in [0.25, 0.3) is 0 Å². The third-order valence-electron chi connectivity index (χ3n) is 2.63. The first kappa shape index (κ1) is 11.5. The highest BCUT2D eigenvalue weighted by Crippen LogP contribution is 2.44. The van der Waals surface area contributed by atoms with Gasteiger partial charge in [0.25, 0.3) is 0 Å². The van der Waals surface area contributed by atoms with Crippen LogP contribution in [-0.4, -0.2) is 27.0 Å². The minimum Gasteiger partial charge on any atom is -0.508 e. The maximum absolute atomic E-state index is 11.9. The molecule has 0 aliphatic carbocycles. The Hall–Kier alpha value is -1.60. The Morgan fingerprint density at radius 1 is 1.39 bits per heavy atom. The fourth-order valence-corrected chi connectivity index (χ4v) is 3.68. The molecule has 1 aliphatic heterocycles. The van der Waals surface area contributed by atoms with Crippen LogP contribution in [0.5, 0.6) is 5.75 Å². The van der Waals surface area contributed by atoms with E-state index in [2.05, 4.69) is 10.2 Å². The third-order valence-corrected chi connectivity index (χ3v) is 4.51. The summed E-state index contributed by atoms with van der Waals surface area (Å²) in [4.78, 5) is 13.5. The molecule has 1 aliphatic rings. The highest BCUT2D eigenvalue weighted by atomic mass is 32.2. The van der Waals surface area contributed by atoms with Crippen molar-refractivity contribution in [3.8, 4) is 5.75 Å². The summed E-state index contributed by atoms with van der Waals surface area (Å²) in [7, 11) is 0. The van der Waals surface area contributed by atoms with Crippen LogP contribution in [0.15, 0.2) is 29.8 Å². The van der Waals surface area contributed by atoms with Crippen LogP contribution in [0.4, 0.5) is 5.13 Å².